The molecule has 2 aromatic carbocycles. The molecule has 7 rings (SSSR count). The molecule has 0 aromatic heterocycles. The molecule has 1 saturated heterocycles. The number of hydrogen-bond acceptors (Lipinski definition) is 2. The Morgan fingerprint density at radius 3 is 2.31 bits per heavy atom. The molecule has 3 nitrogen and oxygen atoms in total. The van der Waals surface area contributed by atoms with Gasteiger partial charge in [-0.3, -0.25) is 9.80 Å². The SMILES string of the molecule is CC1(C)C(=O)N(C2C3CC4CC2CC(Cl)(C4)C3)N1c1ccc(F)c2ccccc12. The van der Waals surface area contributed by atoms with Gasteiger partial charge in [0.1, 0.15) is 11.4 Å². The first kappa shape index (κ1) is 18.0. The summed E-state index contributed by atoms with van der Waals surface area (Å²) in [5.41, 5.74) is 0.287. The summed E-state index contributed by atoms with van der Waals surface area (Å²) in [7, 11) is 0. The normalized spacial score (nSPS) is 37.3. The van der Waals surface area contributed by atoms with E-state index < -0.39 is 5.54 Å². The summed E-state index contributed by atoms with van der Waals surface area (Å²) in [4.78, 5) is 13.3. The van der Waals surface area contributed by atoms with Crippen LogP contribution in [-0.4, -0.2) is 27.4 Å². The number of carbonyl (C=O) groups is 1. The Hall–Kier alpha value is -1.81. The van der Waals surface area contributed by atoms with E-state index in [0.29, 0.717) is 23.1 Å². The molecule has 2 unspecified atom stereocenters. The van der Waals surface area contributed by atoms with Gasteiger partial charge in [0.2, 0.25) is 0 Å². The van der Waals surface area contributed by atoms with E-state index in [-0.39, 0.29) is 22.6 Å². The zero-order chi connectivity index (χ0) is 20.1. The van der Waals surface area contributed by atoms with Crippen LogP contribution in [0.1, 0.15) is 46.0 Å². The van der Waals surface area contributed by atoms with Crippen LogP contribution < -0.4 is 5.01 Å². The molecule has 1 heterocycles. The average Bonchev–Trinajstić information content (AvgIpc) is 2.67. The molecule has 2 atom stereocenters. The molecule has 5 heteroatoms. The van der Waals surface area contributed by atoms with Crippen molar-refractivity contribution in [2.45, 2.75) is 62.4 Å². The molecule has 4 saturated carbocycles. The number of halogens is 2. The van der Waals surface area contributed by atoms with E-state index in [0.717, 1.165) is 30.3 Å². The second kappa shape index (κ2) is 5.66. The molecule has 1 aliphatic heterocycles. The molecule has 1 amide bonds. The second-order valence-electron chi connectivity index (χ2n) is 10.2. The molecular formula is C24H26ClFN2O. The Bertz CT molecular complexity index is 1020. The molecule has 5 aliphatic rings. The van der Waals surface area contributed by atoms with Gasteiger partial charge in [-0.1, -0.05) is 24.3 Å². The number of amides is 1. The predicted octanol–water partition coefficient (Wildman–Crippen LogP) is 5.51. The van der Waals surface area contributed by atoms with Crippen LogP contribution in [0, 0.1) is 23.6 Å². The number of alkyl halides is 1. The zero-order valence-electron chi connectivity index (χ0n) is 16.9. The standard InChI is InChI=1S/C24H26ClFN2O/c1-23(2)22(29)27(21-15-9-14-10-16(21)13-24(25,11-14)12-15)28(23)20-8-7-19(26)17-5-3-4-6-18(17)20/h3-8,14-16,21H,9-13H2,1-2H3. The van der Waals surface area contributed by atoms with Crippen LogP contribution >= 0.6 is 11.6 Å². The second-order valence-corrected chi connectivity index (χ2v) is 11.0. The van der Waals surface area contributed by atoms with E-state index in [1.165, 1.54) is 18.9 Å². The van der Waals surface area contributed by atoms with Gasteiger partial charge in [0.15, 0.2) is 0 Å². The van der Waals surface area contributed by atoms with Gasteiger partial charge in [-0.2, -0.15) is 0 Å². The van der Waals surface area contributed by atoms with Crippen LogP contribution in [0.25, 0.3) is 10.8 Å². The van der Waals surface area contributed by atoms with Gasteiger partial charge < -0.3 is 0 Å². The maximum atomic E-state index is 14.4. The summed E-state index contributed by atoms with van der Waals surface area (Å²) < 4.78 is 14.4. The van der Waals surface area contributed by atoms with E-state index in [4.69, 9.17) is 11.6 Å². The maximum Gasteiger partial charge on any atom is 0.268 e. The Morgan fingerprint density at radius 1 is 1.00 bits per heavy atom. The van der Waals surface area contributed by atoms with Crippen molar-refractivity contribution in [2.75, 3.05) is 5.01 Å². The fraction of sp³-hybridized carbons (Fsp3) is 0.542. The van der Waals surface area contributed by atoms with Crippen molar-refractivity contribution in [3.05, 3.63) is 42.2 Å². The van der Waals surface area contributed by atoms with Crippen molar-refractivity contribution in [3.8, 4) is 0 Å². The lowest BCUT2D eigenvalue weighted by Crippen LogP contribution is -2.80. The lowest BCUT2D eigenvalue weighted by Gasteiger charge is -2.67. The largest absolute Gasteiger partial charge is 0.270 e. The number of nitrogens with zero attached hydrogens (tertiary/aromatic N) is 2. The van der Waals surface area contributed by atoms with E-state index in [1.54, 1.807) is 0 Å². The molecule has 4 aliphatic carbocycles. The molecule has 29 heavy (non-hydrogen) atoms. The molecule has 5 fully saturated rings. The van der Waals surface area contributed by atoms with Crippen molar-refractivity contribution >= 4 is 34.0 Å². The lowest BCUT2D eigenvalue weighted by atomic mass is 9.53. The third-order valence-corrected chi connectivity index (χ3v) is 8.45. The summed E-state index contributed by atoms with van der Waals surface area (Å²) in [5.74, 6) is 1.60. The van der Waals surface area contributed by atoms with Crippen LogP contribution in [0.4, 0.5) is 10.1 Å². The quantitative estimate of drug-likeness (QED) is 0.607. The summed E-state index contributed by atoms with van der Waals surface area (Å²) in [6.45, 7) is 3.95. The number of fused-ring (bicyclic) bond motifs is 1. The van der Waals surface area contributed by atoms with Gasteiger partial charge in [-0.15, -0.1) is 11.6 Å². The van der Waals surface area contributed by atoms with Crippen molar-refractivity contribution in [1.82, 2.24) is 5.01 Å². The van der Waals surface area contributed by atoms with Crippen molar-refractivity contribution < 1.29 is 9.18 Å². The first-order valence-corrected chi connectivity index (χ1v) is 11.2. The highest BCUT2D eigenvalue weighted by Crippen LogP contribution is 2.61. The van der Waals surface area contributed by atoms with Gasteiger partial charge in [0.05, 0.1) is 11.7 Å². The fourth-order valence-electron chi connectivity index (χ4n) is 7.10. The Kier molecular flexibility index (Phi) is 3.51. The number of hydrogen-bond donors (Lipinski definition) is 0. The Labute approximate surface area is 175 Å². The van der Waals surface area contributed by atoms with E-state index >= 15 is 0 Å². The number of carbonyl (C=O) groups excluding carboxylic acids is 1. The van der Waals surface area contributed by atoms with E-state index in [2.05, 4.69) is 5.01 Å². The van der Waals surface area contributed by atoms with Gasteiger partial charge in [-0.05, 0) is 75.8 Å². The first-order chi connectivity index (χ1) is 13.8. The summed E-state index contributed by atoms with van der Waals surface area (Å²) >= 11 is 6.94. The van der Waals surface area contributed by atoms with Crippen molar-refractivity contribution in [2.24, 2.45) is 17.8 Å². The fourth-order valence-corrected chi connectivity index (χ4v) is 7.72. The summed E-state index contributed by atoms with van der Waals surface area (Å²) in [6.07, 6.45) is 5.51. The Morgan fingerprint density at radius 2 is 1.66 bits per heavy atom. The van der Waals surface area contributed by atoms with E-state index in [9.17, 15) is 9.18 Å². The number of rotatable bonds is 2. The smallest absolute Gasteiger partial charge is 0.268 e. The van der Waals surface area contributed by atoms with Crippen molar-refractivity contribution in [1.29, 1.82) is 0 Å². The maximum absolute atomic E-state index is 14.4. The highest BCUT2D eigenvalue weighted by molar-refractivity contribution is 6.24. The van der Waals surface area contributed by atoms with Gasteiger partial charge >= 0.3 is 0 Å². The minimum atomic E-state index is -0.631. The topological polar surface area (TPSA) is 23.6 Å². The molecule has 152 valence electrons. The third kappa shape index (κ3) is 2.32. The minimum absolute atomic E-state index is 0.0518. The van der Waals surface area contributed by atoms with Crippen LogP contribution in [0.5, 0.6) is 0 Å². The highest BCUT2D eigenvalue weighted by Gasteiger charge is 2.63. The average molecular weight is 413 g/mol. The summed E-state index contributed by atoms with van der Waals surface area (Å²) in [5, 5.41) is 5.62. The zero-order valence-corrected chi connectivity index (χ0v) is 17.6. The monoisotopic (exact) mass is 412 g/mol. The Balaban J connectivity index is 1.45. The first-order valence-electron chi connectivity index (χ1n) is 10.8. The molecule has 4 bridgehead atoms. The van der Waals surface area contributed by atoms with Gasteiger partial charge in [-0.25, -0.2) is 9.40 Å². The molecule has 0 radical (unpaired) electrons. The highest BCUT2D eigenvalue weighted by atomic mass is 35.5. The summed E-state index contributed by atoms with van der Waals surface area (Å²) in [6, 6.07) is 11.1. The van der Waals surface area contributed by atoms with Crippen molar-refractivity contribution in [3.63, 3.8) is 0 Å². The van der Waals surface area contributed by atoms with Crippen LogP contribution in [0.3, 0.4) is 0 Å². The van der Waals surface area contributed by atoms with Crippen LogP contribution in [0.15, 0.2) is 36.4 Å². The van der Waals surface area contributed by atoms with Crippen LogP contribution in [-0.2, 0) is 4.79 Å². The molecule has 0 spiro atoms. The van der Waals surface area contributed by atoms with E-state index in [1.807, 2.05) is 49.2 Å². The number of anilines is 1. The lowest BCUT2D eigenvalue weighted by molar-refractivity contribution is -0.169. The molecule has 0 N–H and O–H groups in total. The predicted molar refractivity (Wildman–Crippen MR) is 113 cm³/mol. The third-order valence-electron chi connectivity index (χ3n) is 7.98. The van der Waals surface area contributed by atoms with Gasteiger partial charge in [0, 0.05) is 15.6 Å². The number of benzene rings is 2. The van der Waals surface area contributed by atoms with Crippen LogP contribution in [0.2, 0.25) is 0 Å². The molecular weight excluding hydrogens is 387 g/mol. The minimum Gasteiger partial charge on any atom is -0.270 e. The molecule has 2 aromatic rings. The number of hydrazine groups is 1. The van der Waals surface area contributed by atoms with Gasteiger partial charge in [0.25, 0.3) is 5.91 Å².